The van der Waals surface area contributed by atoms with Crippen LogP contribution >= 0.6 is 15.9 Å². The molecule has 0 aromatic heterocycles. The molecule has 15 heavy (non-hydrogen) atoms. The second-order valence-corrected chi connectivity index (χ2v) is 5.42. The Hall–Kier alpha value is -1.01. The van der Waals surface area contributed by atoms with E-state index in [1.165, 1.54) is 0 Å². The number of rotatable bonds is 0. The van der Waals surface area contributed by atoms with Crippen LogP contribution in [0.15, 0.2) is 18.2 Å². The Bertz CT molecular complexity index is 434. The molecule has 1 aliphatic heterocycles. The fourth-order valence-corrected chi connectivity index (χ4v) is 2.14. The highest BCUT2D eigenvalue weighted by atomic mass is 79.9. The van der Waals surface area contributed by atoms with Crippen molar-refractivity contribution in [1.82, 2.24) is 0 Å². The standard InChI is InChI=1S/C12H12BrNO/c1-12(2)11(13)6-9-5-8(7-14)3-4-10(9)15-12/h3-5,11H,6H2,1-2H3. The van der Waals surface area contributed by atoms with E-state index in [0.29, 0.717) is 5.56 Å². The second kappa shape index (κ2) is 3.53. The first-order valence-corrected chi connectivity index (χ1v) is 5.80. The van der Waals surface area contributed by atoms with Gasteiger partial charge in [-0.3, -0.25) is 0 Å². The Kier molecular flexibility index (Phi) is 2.47. The molecule has 1 aliphatic rings. The molecule has 3 heteroatoms. The highest BCUT2D eigenvalue weighted by Crippen LogP contribution is 2.36. The minimum absolute atomic E-state index is 0.193. The first kappa shape index (κ1) is 10.5. The number of hydrogen-bond donors (Lipinski definition) is 0. The lowest BCUT2D eigenvalue weighted by Gasteiger charge is -2.37. The van der Waals surface area contributed by atoms with Gasteiger partial charge in [0.25, 0.3) is 0 Å². The molecule has 0 saturated carbocycles. The van der Waals surface area contributed by atoms with E-state index >= 15 is 0 Å². The van der Waals surface area contributed by atoms with Crippen molar-refractivity contribution >= 4 is 15.9 Å². The number of ether oxygens (including phenoxy) is 1. The second-order valence-electron chi connectivity index (χ2n) is 4.31. The lowest BCUT2D eigenvalue weighted by atomic mass is 9.93. The van der Waals surface area contributed by atoms with E-state index in [2.05, 4.69) is 35.8 Å². The summed E-state index contributed by atoms with van der Waals surface area (Å²) in [7, 11) is 0. The van der Waals surface area contributed by atoms with E-state index in [1.54, 1.807) is 6.07 Å². The van der Waals surface area contributed by atoms with Crippen LogP contribution in [0, 0.1) is 11.3 Å². The minimum Gasteiger partial charge on any atom is -0.486 e. The molecule has 0 saturated heterocycles. The zero-order valence-electron chi connectivity index (χ0n) is 8.75. The number of nitrogens with zero attached hydrogens (tertiary/aromatic N) is 1. The first-order valence-electron chi connectivity index (χ1n) is 4.89. The monoisotopic (exact) mass is 265 g/mol. The van der Waals surface area contributed by atoms with Gasteiger partial charge in [0.2, 0.25) is 0 Å². The van der Waals surface area contributed by atoms with Crippen LogP contribution in [0.1, 0.15) is 25.0 Å². The molecular weight excluding hydrogens is 254 g/mol. The third kappa shape index (κ3) is 1.87. The average molecular weight is 266 g/mol. The summed E-state index contributed by atoms with van der Waals surface area (Å²) in [4.78, 5) is 0.284. The third-order valence-corrected chi connectivity index (χ3v) is 4.14. The fraction of sp³-hybridized carbons (Fsp3) is 0.417. The van der Waals surface area contributed by atoms with E-state index in [0.717, 1.165) is 17.7 Å². The van der Waals surface area contributed by atoms with Crippen molar-refractivity contribution in [3.05, 3.63) is 29.3 Å². The van der Waals surface area contributed by atoms with Crippen molar-refractivity contribution in [3.8, 4) is 11.8 Å². The Morgan fingerprint density at radius 1 is 1.53 bits per heavy atom. The molecule has 0 fully saturated rings. The average Bonchev–Trinajstić information content (AvgIpc) is 2.19. The zero-order chi connectivity index (χ0) is 11.1. The Morgan fingerprint density at radius 3 is 2.93 bits per heavy atom. The molecule has 2 rings (SSSR count). The van der Waals surface area contributed by atoms with Gasteiger partial charge in [0.15, 0.2) is 0 Å². The van der Waals surface area contributed by atoms with Crippen molar-refractivity contribution in [1.29, 1.82) is 5.26 Å². The summed E-state index contributed by atoms with van der Waals surface area (Å²) in [6, 6.07) is 7.72. The summed E-state index contributed by atoms with van der Waals surface area (Å²) in [6.45, 7) is 4.13. The van der Waals surface area contributed by atoms with Crippen LogP contribution in [-0.4, -0.2) is 10.4 Å². The van der Waals surface area contributed by atoms with Crippen LogP contribution in [0.5, 0.6) is 5.75 Å². The van der Waals surface area contributed by atoms with Crippen molar-refractivity contribution in [3.63, 3.8) is 0 Å². The maximum atomic E-state index is 8.81. The lowest BCUT2D eigenvalue weighted by molar-refractivity contribution is 0.0935. The fourth-order valence-electron chi connectivity index (χ4n) is 1.69. The third-order valence-electron chi connectivity index (χ3n) is 2.72. The van der Waals surface area contributed by atoms with Crippen molar-refractivity contribution in [2.45, 2.75) is 30.7 Å². The van der Waals surface area contributed by atoms with Gasteiger partial charge in [-0.05, 0) is 44.0 Å². The van der Waals surface area contributed by atoms with E-state index in [9.17, 15) is 0 Å². The molecule has 1 aromatic rings. The normalized spacial score (nSPS) is 22.4. The molecule has 1 heterocycles. The number of alkyl halides is 1. The number of nitriles is 1. The summed E-state index contributed by atoms with van der Waals surface area (Å²) >= 11 is 3.62. The molecule has 0 spiro atoms. The molecule has 0 radical (unpaired) electrons. The highest BCUT2D eigenvalue weighted by molar-refractivity contribution is 9.09. The van der Waals surface area contributed by atoms with Crippen molar-refractivity contribution in [2.24, 2.45) is 0 Å². The quantitative estimate of drug-likeness (QED) is 0.676. The van der Waals surface area contributed by atoms with Gasteiger partial charge in [-0.2, -0.15) is 5.26 Å². The first-order chi connectivity index (χ1) is 7.03. The predicted octanol–water partition coefficient (Wildman–Crippen LogP) is 3.04. The van der Waals surface area contributed by atoms with Gasteiger partial charge in [-0.15, -0.1) is 0 Å². The van der Waals surface area contributed by atoms with Crippen LogP contribution in [-0.2, 0) is 6.42 Å². The van der Waals surface area contributed by atoms with Gasteiger partial charge in [0.1, 0.15) is 11.4 Å². The number of fused-ring (bicyclic) bond motifs is 1. The zero-order valence-corrected chi connectivity index (χ0v) is 10.3. The van der Waals surface area contributed by atoms with E-state index in [-0.39, 0.29) is 10.4 Å². The Morgan fingerprint density at radius 2 is 2.27 bits per heavy atom. The predicted molar refractivity (Wildman–Crippen MR) is 62.3 cm³/mol. The summed E-state index contributed by atoms with van der Waals surface area (Å²) in [5, 5.41) is 8.81. The van der Waals surface area contributed by atoms with E-state index in [4.69, 9.17) is 10.00 Å². The van der Waals surface area contributed by atoms with Crippen LogP contribution in [0.25, 0.3) is 0 Å². The maximum absolute atomic E-state index is 8.81. The molecular formula is C12H12BrNO. The Balaban J connectivity index is 2.42. The largest absolute Gasteiger partial charge is 0.486 e. The van der Waals surface area contributed by atoms with Crippen LogP contribution in [0.4, 0.5) is 0 Å². The highest BCUT2D eigenvalue weighted by Gasteiger charge is 2.35. The van der Waals surface area contributed by atoms with E-state index < -0.39 is 0 Å². The smallest absolute Gasteiger partial charge is 0.123 e. The van der Waals surface area contributed by atoms with Gasteiger partial charge in [0.05, 0.1) is 16.5 Å². The van der Waals surface area contributed by atoms with Gasteiger partial charge < -0.3 is 4.74 Å². The summed E-state index contributed by atoms with van der Waals surface area (Å²) in [5.41, 5.74) is 1.60. The molecule has 1 aromatic carbocycles. The topological polar surface area (TPSA) is 33.0 Å². The van der Waals surface area contributed by atoms with Gasteiger partial charge in [0, 0.05) is 0 Å². The molecule has 0 bridgehead atoms. The molecule has 0 N–H and O–H groups in total. The van der Waals surface area contributed by atoms with Crippen LogP contribution in [0.2, 0.25) is 0 Å². The summed E-state index contributed by atoms with van der Waals surface area (Å²) in [5.74, 6) is 0.898. The summed E-state index contributed by atoms with van der Waals surface area (Å²) in [6.07, 6.45) is 0.901. The summed E-state index contributed by atoms with van der Waals surface area (Å²) < 4.78 is 5.87. The number of hydrogen-bond acceptors (Lipinski definition) is 2. The molecule has 0 amide bonds. The molecule has 78 valence electrons. The molecule has 2 nitrogen and oxygen atoms in total. The SMILES string of the molecule is CC1(C)Oc2ccc(C#N)cc2CC1Br. The van der Waals surface area contributed by atoms with Gasteiger partial charge in [-0.25, -0.2) is 0 Å². The maximum Gasteiger partial charge on any atom is 0.123 e. The number of halogens is 1. The van der Waals surface area contributed by atoms with E-state index in [1.807, 2.05) is 12.1 Å². The molecule has 0 aliphatic carbocycles. The lowest BCUT2D eigenvalue weighted by Crippen LogP contribution is -2.42. The van der Waals surface area contributed by atoms with Crippen LogP contribution < -0.4 is 4.74 Å². The Labute approximate surface area is 98.0 Å². The minimum atomic E-state index is -0.193. The van der Waals surface area contributed by atoms with Crippen molar-refractivity contribution < 1.29 is 4.74 Å². The van der Waals surface area contributed by atoms with Crippen LogP contribution in [0.3, 0.4) is 0 Å². The van der Waals surface area contributed by atoms with Crippen molar-refractivity contribution in [2.75, 3.05) is 0 Å². The molecule has 1 unspecified atom stereocenters. The van der Waals surface area contributed by atoms with Gasteiger partial charge >= 0.3 is 0 Å². The number of benzene rings is 1. The van der Waals surface area contributed by atoms with Gasteiger partial charge in [-0.1, -0.05) is 15.9 Å². The molecule has 1 atom stereocenters.